The first kappa shape index (κ1) is 16.4. The van der Waals surface area contributed by atoms with Crippen LogP contribution < -0.4 is 0 Å². The zero-order valence-corrected chi connectivity index (χ0v) is 14.2. The van der Waals surface area contributed by atoms with Crippen LogP contribution in [0.5, 0.6) is 11.5 Å². The molecular formula is C20H26O2. The van der Waals surface area contributed by atoms with Gasteiger partial charge in [-0.05, 0) is 79.8 Å². The van der Waals surface area contributed by atoms with Gasteiger partial charge in [0, 0.05) is 0 Å². The third-order valence-corrected chi connectivity index (χ3v) is 4.50. The summed E-state index contributed by atoms with van der Waals surface area (Å²) in [6, 6.07) is 8.31. The minimum atomic E-state index is 0.403. The van der Waals surface area contributed by atoms with Crippen molar-refractivity contribution >= 4 is 0 Å². The lowest BCUT2D eigenvalue weighted by atomic mass is 9.91. The molecule has 0 heterocycles. The fourth-order valence-corrected chi connectivity index (χ4v) is 3.01. The van der Waals surface area contributed by atoms with E-state index in [1.54, 1.807) is 0 Å². The Kier molecular flexibility index (Phi) is 4.80. The van der Waals surface area contributed by atoms with Gasteiger partial charge in [-0.25, -0.2) is 0 Å². The maximum atomic E-state index is 9.88. The van der Waals surface area contributed by atoms with Crippen molar-refractivity contribution in [1.29, 1.82) is 0 Å². The van der Waals surface area contributed by atoms with Crippen LogP contribution in [0.1, 0.15) is 52.6 Å². The highest BCUT2D eigenvalue weighted by Gasteiger charge is 2.11. The topological polar surface area (TPSA) is 40.5 Å². The second-order valence-electron chi connectivity index (χ2n) is 6.52. The second kappa shape index (κ2) is 6.43. The van der Waals surface area contributed by atoms with Gasteiger partial charge in [0.05, 0.1) is 0 Å². The average Bonchev–Trinajstić information content (AvgIpc) is 2.47. The zero-order valence-electron chi connectivity index (χ0n) is 14.2. The zero-order chi connectivity index (χ0) is 16.4. The highest BCUT2D eigenvalue weighted by atomic mass is 16.3. The monoisotopic (exact) mass is 298 g/mol. The minimum Gasteiger partial charge on any atom is -0.507 e. The number of phenols is 2. The Morgan fingerprint density at radius 1 is 0.773 bits per heavy atom. The van der Waals surface area contributed by atoms with Crippen LogP contribution in [0.3, 0.4) is 0 Å². The summed E-state index contributed by atoms with van der Waals surface area (Å²) >= 11 is 0. The third kappa shape index (κ3) is 3.44. The van der Waals surface area contributed by atoms with E-state index in [0.717, 1.165) is 35.1 Å². The van der Waals surface area contributed by atoms with Crippen LogP contribution in [0.25, 0.3) is 0 Å². The number of aryl methyl sites for hydroxylation is 5. The summed E-state index contributed by atoms with van der Waals surface area (Å²) in [4.78, 5) is 0. The first-order valence-corrected chi connectivity index (χ1v) is 7.88. The van der Waals surface area contributed by atoms with E-state index in [1.807, 2.05) is 27.7 Å². The van der Waals surface area contributed by atoms with Gasteiger partial charge in [0.1, 0.15) is 11.5 Å². The molecule has 2 nitrogen and oxygen atoms in total. The molecule has 0 bridgehead atoms. The molecule has 0 radical (unpaired) electrons. The van der Waals surface area contributed by atoms with E-state index in [-0.39, 0.29) is 0 Å². The fraction of sp³-hybridized carbons (Fsp3) is 0.400. The van der Waals surface area contributed by atoms with Gasteiger partial charge >= 0.3 is 0 Å². The lowest BCUT2D eigenvalue weighted by molar-refractivity contribution is 0.466. The van der Waals surface area contributed by atoms with Crippen molar-refractivity contribution in [2.45, 2.75) is 53.4 Å². The summed E-state index contributed by atoms with van der Waals surface area (Å²) in [5.74, 6) is 1.25. The molecule has 118 valence electrons. The van der Waals surface area contributed by atoms with Crippen LogP contribution in [0, 0.1) is 27.7 Å². The maximum absolute atomic E-state index is 9.88. The van der Waals surface area contributed by atoms with Gasteiger partial charge in [-0.1, -0.05) is 31.2 Å². The van der Waals surface area contributed by atoms with Crippen molar-refractivity contribution < 1.29 is 10.2 Å². The Labute approximate surface area is 133 Å². The van der Waals surface area contributed by atoms with Gasteiger partial charge in [-0.3, -0.25) is 0 Å². The van der Waals surface area contributed by atoms with Crippen LogP contribution in [0.15, 0.2) is 24.3 Å². The third-order valence-electron chi connectivity index (χ3n) is 4.50. The molecule has 0 aliphatic carbocycles. The number of hydrogen-bond donors (Lipinski definition) is 2. The lowest BCUT2D eigenvalue weighted by Crippen LogP contribution is -1.99. The predicted octanol–water partition coefficient (Wildman–Crippen LogP) is 5.07. The molecule has 0 saturated heterocycles. The highest BCUT2D eigenvalue weighted by Crippen LogP contribution is 2.30. The number of benzene rings is 2. The molecule has 2 rings (SSSR count). The van der Waals surface area contributed by atoms with Crippen LogP contribution >= 0.6 is 0 Å². The Balaban J connectivity index is 2.12. The van der Waals surface area contributed by atoms with Crippen molar-refractivity contribution in [2.24, 2.45) is 0 Å². The molecule has 2 N–H and O–H groups in total. The van der Waals surface area contributed by atoms with Crippen molar-refractivity contribution in [3.05, 3.63) is 57.6 Å². The molecule has 2 aromatic carbocycles. The van der Waals surface area contributed by atoms with Gasteiger partial charge in [0.15, 0.2) is 0 Å². The summed E-state index contributed by atoms with van der Waals surface area (Å²) in [7, 11) is 0. The molecule has 2 aromatic rings. The molecule has 0 spiro atoms. The van der Waals surface area contributed by atoms with E-state index in [4.69, 9.17) is 0 Å². The quantitative estimate of drug-likeness (QED) is 0.827. The van der Waals surface area contributed by atoms with Gasteiger partial charge < -0.3 is 10.2 Å². The Hall–Kier alpha value is -1.96. The Morgan fingerprint density at radius 2 is 1.18 bits per heavy atom. The smallest absolute Gasteiger partial charge is 0.121 e. The highest BCUT2D eigenvalue weighted by molar-refractivity contribution is 5.44. The summed E-state index contributed by atoms with van der Waals surface area (Å²) in [5.41, 5.74) is 6.32. The number of phenolic OH excluding ortho intramolecular Hbond substituents is 2. The average molecular weight is 298 g/mol. The summed E-state index contributed by atoms with van der Waals surface area (Å²) in [5, 5.41) is 19.7. The van der Waals surface area contributed by atoms with Crippen LogP contribution in [0.4, 0.5) is 0 Å². The van der Waals surface area contributed by atoms with E-state index in [9.17, 15) is 10.2 Å². The van der Waals surface area contributed by atoms with E-state index < -0.39 is 0 Å². The Morgan fingerprint density at radius 3 is 1.64 bits per heavy atom. The minimum absolute atomic E-state index is 0.403. The van der Waals surface area contributed by atoms with Crippen molar-refractivity contribution in [3.8, 4) is 11.5 Å². The molecule has 0 aliphatic rings. The molecule has 0 aliphatic heterocycles. The molecule has 1 atom stereocenters. The summed E-state index contributed by atoms with van der Waals surface area (Å²) in [6.07, 6.45) is 2.04. The molecule has 2 heteroatoms. The van der Waals surface area contributed by atoms with E-state index in [2.05, 4.69) is 31.2 Å². The van der Waals surface area contributed by atoms with Gasteiger partial charge in [0.2, 0.25) is 0 Å². The SMILES string of the molecule is Cc1cc(CCC(C)c2cc(C)c(O)c(C)c2)cc(C)c1O. The van der Waals surface area contributed by atoms with E-state index in [1.165, 1.54) is 11.1 Å². The largest absolute Gasteiger partial charge is 0.507 e. The summed E-state index contributed by atoms with van der Waals surface area (Å²) in [6.45, 7) is 10.0. The van der Waals surface area contributed by atoms with E-state index in [0.29, 0.717) is 17.4 Å². The molecule has 0 saturated carbocycles. The number of aromatic hydroxyl groups is 2. The molecular weight excluding hydrogens is 272 g/mol. The van der Waals surface area contributed by atoms with E-state index >= 15 is 0 Å². The fourth-order valence-electron chi connectivity index (χ4n) is 3.01. The molecule has 0 aromatic heterocycles. The second-order valence-corrected chi connectivity index (χ2v) is 6.52. The predicted molar refractivity (Wildman–Crippen MR) is 91.9 cm³/mol. The molecule has 0 fully saturated rings. The molecule has 1 unspecified atom stereocenters. The molecule has 22 heavy (non-hydrogen) atoms. The summed E-state index contributed by atoms with van der Waals surface area (Å²) < 4.78 is 0. The Bertz CT molecular complexity index is 640. The normalized spacial score (nSPS) is 12.4. The maximum Gasteiger partial charge on any atom is 0.121 e. The van der Waals surface area contributed by atoms with Gasteiger partial charge in [0.25, 0.3) is 0 Å². The van der Waals surface area contributed by atoms with Crippen LogP contribution in [0.2, 0.25) is 0 Å². The molecule has 0 amide bonds. The first-order valence-electron chi connectivity index (χ1n) is 7.88. The standard InChI is InChI=1S/C20H26O2/c1-12(18-10-15(4)20(22)16(5)11-18)6-7-17-8-13(2)19(21)14(3)9-17/h8-12,21-22H,6-7H2,1-5H3. The van der Waals surface area contributed by atoms with Crippen molar-refractivity contribution in [2.75, 3.05) is 0 Å². The number of hydrogen-bond acceptors (Lipinski definition) is 2. The van der Waals surface area contributed by atoms with Gasteiger partial charge in [-0.2, -0.15) is 0 Å². The van der Waals surface area contributed by atoms with Gasteiger partial charge in [-0.15, -0.1) is 0 Å². The first-order chi connectivity index (χ1) is 10.3. The van der Waals surface area contributed by atoms with Crippen LogP contribution in [-0.2, 0) is 6.42 Å². The van der Waals surface area contributed by atoms with Crippen molar-refractivity contribution in [3.63, 3.8) is 0 Å². The lowest BCUT2D eigenvalue weighted by Gasteiger charge is -2.15. The van der Waals surface area contributed by atoms with Crippen LogP contribution in [-0.4, -0.2) is 10.2 Å². The number of rotatable bonds is 4. The van der Waals surface area contributed by atoms with Crippen molar-refractivity contribution in [1.82, 2.24) is 0 Å².